The lowest BCUT2D eigenvalue weighted by molar-refractivity contribution is -0.135. The Hall–Kier alpha value is -0.640. The van der Waals surface area contributed by atoms with Crippen LogP contribution in [0.1, 0.15) is 13.8 Å². The number of esters is 1. The molecular weight excluding hydrogens is 239 g/mol. The minimum Gasteiger partial charge on any atom is -0.465 e. The summed E-state index contributed by atoms with van der Waals surface area (Å²) in [7, 11) is 1.22. The van der Waals surface area contributed by atoms with Gasteiger partial charge in [-0.2, -0.15) is 0 Å². The van der Waals surface area contributed by atoms with E-state index < -0.39 is 11.8 Å². The highest BCUT2D eigenvalue weighted by atomic mass is 79.9. The van der Waals surface area contributed by atoms with Crippen molar-refractivity contribution < 1.29 is 13.9 Å². The van der Waals surface area contributed by atoms with Gasteiger partial charge in [-0.05, 0) is 19.4 Å². The van der Waals surface area contributed by atoms with Crippen LogP contribution in [0.5, 0.6) is 0 Å². The Labute approximate surface area is 85.6 Å². The van der Waals surface area contributed by atoms with Gasteiger partial charge in [0.25, 0.3) is 0 Å². The summed E-state index contributed by atoms with van der Waals surface area (Å²) in [5.74, 6) is -1.17. The van der Waals surface area contributed by atoms with Gasteiger partial charge in [0.2, 0.25) is 0 Å². The monoisotopic (exact) mass is 250 g/mol. The smallest absolute Gasteiger partial charge is 0.340 e. The van der Waals surface area contributed by atoms with Crippen molar-refractivity contribution in [2.24, 2.45) is 0 Å². The maximum atomic E-state index is 13.4. The molecule has 0 bridgehead atoms. The molecule has 0 aliphatic rings. The van der Waals surface area contributed by atoms with Crippen molar-refractivity contribution in [3.63, 3.8) is 0 Å². The highest BCUT2D eigenvalue weighted by molar-refractivity contribution is 9.09. The second-order valence-electron chi connectivity index (χ2n) is 2.42. The van der Waals surface area contributed by atoms with Crippen LogP contribution in [-0.4, -0.2) is 18.4 Å². The van der Waals surface area contributed by atoms with Crippen molar-refractivity contribution in [2.75, 3.05) is 12.4 Å². The molecule has 0 N–H and O–H groups in total. The van der Waals surface area contributed by atoms with E-state index in [9.17, 15) is 9.18 Å². The molecule has 0 radical (unpaired) electrons. The number of alkyl halides is 1. The van der Waals surface area contributed by atoms with Gasteiger partial charge in [0.05, 0.1) is 12.7 Å². The van der Waals surface area contributed by atoms with Crippen molar-refractivity contribution in [1.82, 2.24) is 0 Å². The number of allylic oxidation sites excluding steroid dienone is 2. The quantitative estimate of drug-likeness (QED) is 0.333. The minimum atomic E-state index is -0.652. The van der Waals surface area contributed by atoms with Gasteiger partial charge in [0, 0.05) is 5.33 Å². The number of ether oxygens (including phenoxy) is 1. The molecule has 13 heavy (non-hydrogen) atoms. The van der Waals surface area contributed by atoms with Gasteiger partial charge in [0.15, 0.2) is 0 Å². The Balaban J connectivity index is 4.92. The van der Waals surface area contributed by atoms with Gasteiger partial charge in [0.1, 0.15) is 5.83 Å². The van der Waals surface area contributed by atoms with Crippen molar-refractivity contribution in [1.29, 1.82) is 0 Å². The molecule has 0 unspecified atom stereocenters. The largest absolute Gasteiger partial charge is 0.465 e. The summed E-state index contributed by atoms with van der Waals surface area (Å²) in [6.07, 6.45) is 1.40. The summed E-state index contributed by atoms with van der Waals surface area (Å²) in [6.45, 7) is 3.20. The molecule has 0 rings (SSSR count). The van der Waals surface area contributed by atoms with E-state index in [2.05, 4.69) is 20.7 Å². The molecule has 0 saturated heterocycles. The molecule has 0 aromatic carbocycles. The van der Waals surface area contributed by atoms with E-state index in [4.69, 9.17) is 0 Å². The average Bonchev–Trinajstić information content (AvgIpc) is 2.17. The Kier molecular flexibility index (Phi) is 5.62. The second-order valence-corrected chi connectivity index (χ2v) is 2.98. The molecule has 0 atom stereocenters. The maximum Gasteiger partial charge on any atom is 0.340 e. The first-order valence-corrected chi connectivity index (χ1v) is 4.86. The van der Waals surface area contributed by atoms with Crippen LogP contribution in [0.4, 0.5) is 4.39 Å². The van der Waals surface area contributed by atoms with Gasteiger partial charge in [-0.15, -0.1) is 0 Å². The normalized spacial score (nSPS) is 13.8. The fourth-order valence-corrected chi connectivity index (χ4v) is 0.979. The summed E-state index contributed by atoms with van der Waals surface area (Å²) < 4.78 is 17.8. The molecule has 0 fully saturated rings. The lowest BCUT2D eigenvalue weighted by Crippen LogP contribution is -2.06. The number of methoxy groups -OCH3 is 1. The van der Waals surface area contributed by atoms with Crippen LogP contribution in [0.2, 0.25) is 0 Å². The van der Waals surface area contributed by atoms with Crippen molar-refractivity contribution in [3.05, 3.63) is 23.0 Å². The van der Waals surface area contributed by atoms with Gasteiger partial charge < -0.3 is 4.74 Å². The van der Waals surface area contributed by atoms with Crippen LogP contribution in [0, 0.1) is 0 Å². The number of rotatable bonds is 3. The topological polar surface area (TPSA) is 26.3 Å². The Morgan fingerprint density at radius 3 is 2.46 bits per heavy atom. The molecule has 0 spiro atoms. The number of halogens is 2. The van der Waals surface area contributed by atoms with Gasteiger partial charge >= 0.3 is 5.97 Å². The SMILES string of the molecule is C/C=C(C(=O)OC)\C(F)=C(\C)CBr. The van der Waals surface area contributed by atoms with E-state index in [1.807, 2.05) is 0 Å². The van der Waals surface area contributed by atoms with Crippen LogP contribution in [-0.2, 0) is 9.53 Å². The van der Waals surface area contributed by atoms with Crippen LogP contribution in [0.3, 0.4) is 0 Å². The zero-order valence-electron chi connectivity index (χ0n) is 7.86. The molecule has 0 aromatic heterocycles. The van der Waals surface area contributed by atoms with Crippen molar-refractivity contribution in [2.45, 2.75) is 13.8 Å². The average molecular weight is 251 g/mol. The predicted octanol–water partition coefficient (Wildman–Crippen LogP) is 2.74. The number of hydrogen-bond donors (Lipinski definition) is 0. The maximum absolute atomic E-state index is 13.4. The fourth-order valence-electron chi connectivity index (χ4n) is 0.733. The van der Waals surface area contributed by atoms with E-state index >= 15 is 0 Å². The zero-order chi connectivity index (χ0) is 10.4. The summed E-state index contributed by atoms with van der Waals surface area (Å²) in [5.41, 5.74) is 0.443. The third-order valence-electron chi connectivity index (χ3n) is 1.51. The minimum absolute atomic E-state index is 0.0283. The van der Waals surface area contributed by atoms with Crippen LogP contribution < -0.4 is 0 Å². The lowest BCUT2D eigenvalue weighted by atomic mass is 10.1. The third kappa shape index (κ3) is 3.30. The summed E-state index contributed by atoms with van der Waals surface area (Å²) >= 11 is 3.11. The van der Waals surface area contributed by atoms with E-state index in [1.54, 1.807) is 13.8 Å². The number of carbonyl (C=O) groups excluding carboxylic acids is 1. The number of carbonyl (C=O) groups is 1. The summed E-state index contributed by atoms with van der Waals surface area (Å²) in [5, 5.41) is 0.396. The zero-order valence-corrected chi connectivity index (χ0v) is 9.44. The first-order chi connectivity index (χ1) is 6.08. The highest BCUT2D eigenvalue weighted by Crippen LogP contribution is 2.18. The molecular formula is C9H12BrFO2. The Morgan fingerprint density at radius 2 is 2.15 bits per heavy atom. The summed E-state index contributed by atoms with van der Waals surface area (Å²) in [6, 6.07) is 0. The van der Waals surface area contributed by atoms with E-state index in [1.165, 1.54) is 13.2 Å². The fraction of sp³-hybridized carbons (Fsp3) is 0.444. The molecule has 4 heteroatoms. The van der Waals surface area contributed by atoms with Gasteiger partial charge in [-0.25, -0.2) is 9.18 Å². The molecule has 0 aliphatic heterocycles. The highest BCUT2D eigenvalue weighted by Gasteiger charge is 2.15. The van der Waals surface area contributed by atoms with Crippen molar-refractivity contribution >= 4 is 21.9 Å². The molecule has 74 valence electrons. The predicted molar refractivity (Wildman–Crippen MR) is 53.4 cm³/mol. The number of hydrogen-bond acceptors (Lipinski definition) is 2. The molecule has 0 heterocycles. The van der Waals surface area contributed by atoms with Gasteiger partial charge in [-0.1, -0.05) is 22.0 Å². The van der Waals surface area contributed by atoms with E-state index in [-0.39, 0.29) is 5.57 Å². The van der Waals surface area contributed by atoms with Crippen LogP contribution in [0.15, 0.2) is 23.0 Å². The molecule has 0 aliphatic carbocycles. The standard InChI is InChI=1S/C9H12BrFO2/c1-4-7(9(12)13-3)8(11)6(2)5-10/h4H,5H2,1-3H3/b7-4+,8-6+. The van der Waals surface area contributed by atoms with Crippen LogP contribution in [0.25, 0.3) is 0 Å². The second kappa shape index (κ2) is 5.91. The first-order valence-electron chi connectivity index (χ1n) is 3.74. The van der Waals surface area contributed by atoms with Crippen molar-refractivity contribution in [3.8, 4) is 0 Å². The molecule has 2 nitrogen and oxygen atoms in total. The molecule has 0 amide bonds. The third-order valence-corrected chi connectivity index (χ3v) is 2.35. The van der Waals surface area contributed by atoms with E-state index in [0.717, 1.165) is 0 Å². The Morgan fingerprint density at radius 1 is 1.62 bits per heavy atom. The van der Waals surface area contributed by atoms with Gasteiger partial charge in [-0.3, -0.25) is 0 Å². The van der Waals surface area contributed by atoms with E-state index in [0.29, 0.717) is 10.9 Å². The Bertz CT molecular complexity index is 256. The first kappa shape index (κ1) is 12.4. The summed E-state index contributed by atoms with van der Waals surface area (Å²) in [4.78, 5) is 11.0. The lowest BCUT2D eigenvalue weighted by Gasteiger charge is -2.04. The molecule has 0 aromatic rings. The molecule has 0 saturated carbocycles. The van der Waals surface area contributed by atoms with Crippen LogP contribution >= 0.6 is 15.9 Å².